The summed E-state index contributed by atoms with van der Waals surface area (Å²) < 4.78 is 4.85. The minimum absolute atomic E-state index is 0.0514. The highest BCUT2D eigenvalue weighted by molar-refractivity contribution is 5.99. The van der Waals surface area contributed by atoms with E-state index in [2.05, 4.69) is 65.4 Å². The first-order valence-electron chi connectivity index (χ1n) is 29.2. The molecule has 0 aliphatic rings. The molecule has 0 fully saturated rings. The largest absolute Gasteiger partial charge is 0.467 e. The summed E-state index contributed by atoms with van der Waals surface area (Å²) in [4.78, 5) is 146. The maximum absolute atomic E-state index is 13.9. The van der Waals surface area contributed by atoms with Gasteiger partial charge in [0.2, 0.25) is 59.1 Å². The molecule has 0 spiro atoms. The van der Waals surface area contributed by atoms with Crippen LogP contribution in [0.4, 0.5) is 0 Å². The lowest BCUT2D eigenvalue weighted by Gasteiger charge is -2.31. The lowest BCUT2D eigenvalue weighted by atomic mass is 9.97. The Morgan fingerprint density at radius 2 is 0.914 bits per heavy atom. The van der Waals surface area contributed by atoms with Crippen LogP contribution in [0.5, 0.6) is 0 Å². The summed E-state index contributed by atoms with van der Waals surface area (Å²) in [6.45, 7) is 25.3. The van der Waals surface area contributed by atoms with Gasteiger partial charge in [-0.3, -0.25) is 47.9 Å². The molecule has 10 amide bonds. The molecule has 0 heterocycles. The molecule has 6 atom stereocenters. The van der Waals surface area contributed by atoms with Crippen LogP contribution in [0, 0.1) is 23.7 Å². The van der Waals surface area contributed by atoms with Crippen molar-refractivity contribution in [3.05, 3.63) is 0 Å². The predicted molar refractivity (Wildman–Crippen MR) is 311 cm³/mol. The first-order chi connectivity index (χ1) is 37.7. The van der Waals surface area contributed by atoms with Crippen molar-refractivity contribution in [2.45, 2.75) is 234 Å². The molecule has 0 aliphatic heterocycles. The highest BCUT2D eigenvalue weighted by Crippen LogP contribution is 2.15. The third-order valence-electron chi connectivity index (χ3n) is 13.5. The Labute approximate surface area is 482 Å². The maximum Gasteiger partial charge on any atom is 0.328 e. The molecular weight excluding hydrogens is 1040 g/mol. The number of nitrogens with one attached hydrogen (secondary N) is 11. The smallest absolute Gasteiger partial charge is 0.328 e. The standard InChI is InChI=1S/C57H106N12O12/c1-17-19-20-21-22-25-28-62-55(10,11)54(80)66-39(26-23-24-27-58)47(73)64-41(30-36(5)6)49(75)69-56(12,13)52(78)60-32-43(70)59-33-44(71)63-40(29-35(3)4)48(74)68-57(14,15)53(79)61-34-45(72)67-46(38(9)18-2)50(76)65-42(31-37(7)8)51(77)81-16/h35-42,46,62H,17-34,58H2,1-16H3,(H,59,70)(H,60,78)(H,61,79)(H,63,71)(H,64,73)(H,65,76)(H,66,80)(H,67,72)(H,68,74)(H,69,75)/t38-,39-,40-,41-,42-,46-/m0/s1. The molecule has 0 bridgehead atoms. The number of rotatable bonds is 41. The molecule has 0 saturated carbocycles. The van der Waals surface area contributed by atoms with Crippen molar-refractivity contribution in [1.82, 2.24) is 58.5 Å². The number of nitrogens with two attached hydrogens (primary N) is 1. The molecular formula is C57H106N12O12. The van der Waals surface area contributed by atoms with Gasteiger partial charge in [-0.25, -0.2) is 4.79 Å². The van der Waals surface area contributed by atoms with Gasteiger partial charge in [-0.05, 0) is 123 Å². The Hall–Kier alpha value is -5.91. The van der Waals surface area contributed by atoms with E-state index in [0.717, 1.165) is 25.7 Å². The van der Waals surface area contributed by atoms with Crippen molar-refractivity contribution in [1.29, 1.82) is 0 Å². The SMILES string of the molecule is CCCCCCCCNC(C)(C)C(=O)N[C@@H](CCCCN)C(=O)N[C@@H](CC(C)C)C(=O)NC(C)(C)C(=O)NCC(=O)NCC(=O)N[C@@H](CC(C)C)C(=O)NC(C)(C)C(=O)NCC(=O)N[C@H](C(=O)N[C@@H](CC(C)C)C(=O)OC)[C@@H](C)CC. The fraction of sp³-hybridized carbons (Fsp3) is 0.807. The molecule has 24 nitrogen and oxygen atoms in total. The van der Waals surface area contributed by atoms with Gasteiger partial charge in [0.05, 0.1) is 32.3 Å². The summed E-state index contributed by atoms with van der Waals surface area (Å²) in [5.41, 5.74) is 1.56. The Kier molecular flexibility index (Phi) is 35.2. The molecule has 0 rings (SSSR count). The first-order valence-corrected chi connectivity index (χ1v) is 29.2. The second kappa shape index (κ2) is 38.0. The molecule has 81 heavy (non-hydrogen) atoms. The van der Waals surface area contributed by atoms with Crippen LogP contribution in [0.1, 0.15) is 187 Å². The van der Waals surface area contributed by atoms with E-state index in [-0.39, 0.29) is 48.8 Å². The van der Waals surface area contributed by atoms with Crippen molar-refractivity contribution < 1.29 is 57.5 Å². The molecule has 0 unspecified atom stereocenters. The third kappa shape index (κ3) is 30.6. The summed E-state index contributed by atoms with van der Waals surface area (Å²) >= 11 is 0. The average Bonchev–Trinajstić information content (AvgIpc) is 3.37. The van der Waals surface area contributed by atoms with Crippen molar-refractivity contribution in [3.8, 4) is 0 Å². The minimum Gasteiger partial charge on any atom is -0.467 e. The number of carbonyl (C=O) groups excluding carboxylic acids is 11. The van der Waals surface area contributed by atoms with Gasteiger partial charge in [0.15, 0.2) is 0 Å². The highest BCUT2D eigenvalue weighted by Gasteiger charge is 2.38. The maximum atomic E-state index is 13.9. The quantitative estimate of drug-likeness (QED) is 0.0307. The highest BCUT2D eigenvalue weighted by atomic mass is 16.5. The fourth-order valence-corrected chi connectivity index (χ4v) is 8.33. The molecule has 0 aromatic rings. The number of hydrogen-bond acceptors (Lipinski definition) is 14. The molecule has 0 aliphatic carbocycles. The van der Waals surface area contributed by atoms with Gasteiger partial charge in [-0.1, -0.05) is 101 Å². The summed E-state index contributed by atoms with van der Waals surface area (Å²) in [5, 5.41) is 29.5. The lowest BCUT2D eigenvalue weighted by molar-refractivity contribution is -0.146. The first kappa shape index (κ1) is 75.1. The van der Waals surface area contributed by atoms with Gasteiger partial charge >= 0.3 is 5.97 Å². The zero-order chi connectivity index (χ0) is 62.3. The van der Waals surface area contributed by atoms with Crippen LogP contribution in [0.25, 0.3) is 0 Å². The van der Waals surface area contributed by atoms with Gasteiger partial charge in [0.25, 0.3) is 0 Å². The van der Waals surface area contributed by atoms with Gasteiger partial charge < -0.3 is 69.0 Å². The van der Waals surface area contributed by atoms with E-state index >= 15 is 0 Å². The predicted octanol–water partition coefficient (Wildman–Crippen LogP) is 1.76. The second-order valence-electron chi connectivity index (χ2n) is 24.1. The number of amides is 10. The zero-order valence-corrected chi connectivity index (χ0v) is 51.9. The van der Waals surface area contributed by atoms with Crippen LogP contribution in [0.15, 0.2) is 0 Å². The van der Waals surface area contributed by atoms with Gasteiger partial charge in [0.1, 0.15) is 41.3 Å². The van der Waals surface area contributed by atoms with Crippen molar-refractivity contribution in [2.24, 2.45) is 29.4 Å². The summed E-state index contributed by atoms with van der Waals surface area (Å²) in [6, 6.07) is -5.20. The Balaban J connectivity index is 5.63. The number of methoxy groups -OCH3 is 1. The van der Waals surface area contributed by atoms with E-state index in [1.165, 1.54) is 47.6 Å². The monoisotopic (exact) mass is 1150 g/mol. The number of esters is 1. The number of ether oxygens (including phenoxy) is 1. The van der Waals surface area contributed by atoms with Crippen LogP contribution in [0.3, 0.4) is 0 Å². The van der Waals surface area contributed by atoms with E-state index in [4.69, 9.17) is 10.5 Å². The fourth-order valence-electron chi connectivity index (χ4n) is 8.33. The second-order valence-corrected chi connectivity index (χ2v) is 24.1. The van der Waals surface area contributed by atoms with Crippen LogP contribution >= 0.6 is 0 Å². The van der Waals surface area contributed by atoms with Gasteiger partial charge in [-0.15, -0.1) is 0 Å². The van der Waals surface area contributed by atoms with Gasteiger partial charge in [0, 0.05) is 0 Å². The molecule has 0 radical (unpaired) electrons. The number of unbranched alkanes of at least 4 members (excludes halogenated alkanes) is 6. The molecule has 0 aromatic carbocycles. The van der Waals surface area contributed by atoms with Crippen molar-refractivity contribution in [3.63, 3.8) is 0 Å². The normalized spacial score (nSPS) is 14.0. The average molecular weight is 1150 g/mol. The summed E-state index contributed by atoms with van der Waals surface area (Å²) in [7, 11) is 1.22. The van der Waals surface area contributed by atoms with Crippen LogP contribution in [-0.2, 0) is 57.5 Å². The van der Waals surface area contributed by atoms with Crippen LogP contribution in [0.2, 0.25) is 0 Å². The van der Waals surface area contributed by atoms with E-state index in [1.54, 1.807) is 20.8 Å². The Morgan fingerprint density at radius 3 is 1.41 bits per heavy atom. The minimum atomic E-state index is -1.60. The van der Waals surface area contributed by atoms with Crippen LogP contribution < -0.4 is 64.2 Å². The third-order valence-corrected chi connectivity index (χ3v) is 13.5. The Morgan fingerprint density at radius 1 is 0.457 bits per heavy atom. The molecule has 466 valence electrons. The summed E-state index contributed by atoms with van der Waals surface area (Å²) in [5.74, 6) is -7.76. The number of hydrogen-bond donors (Lipinski definition) is 12. The summed E-state index contributed by atoms with van der Waals surface area (Å²) in [6.07, 6.45) is 9.19. The van der Waals surface area contributed by atoms with E-state index in [1.807, 2.05) is 48.5 Å². The van der Waals surface area contributed by atoms with E-state index in [0.29, 0.717) is 38.8 Å². The van der Waals surface area contributed by atoms with Gasteiger partial charge in [-0.2, -0.15) is 0 Å². The molecule has 24 heteroatoms. The van der Waals surface area contributed by atoms with Crippen molar-refractivity contribution in [2.75, 3.05) is 39.8 Å². The molecule has 0 aromatic heterocycles. The van der Waals surface area contributed by atoms with E-state index < -0.39 is 126 Å². The number of carbonyl (C=O) groups is 11. The molecule has 0 saturated heterocycles. The zero-order valence-electron chi connectivity index (χ0n) is 51.9. The van der Waals surface area contributed by atoms with Crippen molar-refractivity contribution >= 4 is 65.0 Å². The lowest BCUT2D eigenvalue weighted by Crippen LogP contribution is -2.62. The topological polar surface area (TPSA) is 355 Å². The molecule has 13 N–H and O–H groups in total. The van der Waals surface area contributed by atoms with E-state index in [9.17, 15) is 52.7 Å². The van der Waals surface area contributed by atoms with Crippen LogP contribution in [-0.4, -0.2) is 152 Å². The Bertz CT molecular complexity index is 2050.